The average molecular weight is 227 g/mol. The Morgan fingerprint density at radius 3 is 2.50 bits per heavy atom. The Hall–Kier alpha value is -0.570. The van der Waals surface area contributed by atoms with Gasteiger partial charge in [0.05, 0.1) is 11.6 Å². The summed E-state index contributed by atoms with van der Waals surface area (Å²) < 4.78 is 0. The van der Waals surface area contributed by atoms with Crippen molar-refractivity contribution >= 4 is 5.91 Å². The molecule has 0 spiro atoms. The maximum absolute atomic E-state index is 11.7. The van der Waals surface area contributed by atoms with Gasteiger partial charge in [-0.25, -0.2) is 0 Å². The highest BCUT2D eigenvalue weighted by atomic mass is 16.3. The fourth-order valence-electron chi connectivity index (χ4n) is 2.16. The van der Waals surface area contributed by atoms with E-state index in [2.05, 4.69) is 5.32 Å². The Bertz CT molecular complexity index is 230. The zero-order valence-electron chi connectivity index (χ0n) is 10.8. The smallest absolute Gasteiger partial charge is 0.220 e. The second-order valence-electron chi connectivity index (χ2n) is 5.63. The lowest BCUT2D eigenvalue weighted by Crippen LogP contribution is -2.50. The summed E-state index contributed by atoms with van der Waals surface area (Å²) in [6.07, 6.45) is 6.29. The van der Waals surface area contributed by atoms with Gasteiger partial charge in [0.25, 0.3) is 0 Å². The minimum absolute atomic E-state index is 0.0674. The third-order valence-electron chi connectivity index (χ3n) is 3.76. The molecule has 0 heterocycles. The number of amides is 1. The van der Waals surface area contributed by atoms with Crippen molar-refractivity contribution in [3.8, 4) is 0 Å². The van der Waals surface area contributed by atoms with E-state index in [1.807, 2.05) is 13.8 Å². The Labute approximate surface area is 98.6 Å². The van der Waals surface area contributed by atoms with Crippen LogP contribution in [0.1, 0.15) is 59.3 Å². The van der Waals surface area contributed by atoms with Gasteiger partial charge in [0, 0.05) is 6.42 Å². The number of nitrogens with one attached hydrogen (secondary N) is 1. The molecule has 0 aromatic carbocycles. The molecule has 3 nitrogen and oxygen atoms in total. The van der Waals surface area contributed by atoms with Crippen molar-refractivity contribution in [1.82, 2.24) is 5.32 Å². The van der Waals surface area contributed by atoms with Crippen LogP contribution in [0.2, 0.25) is 0 Å². The van der Waals surface area contributed by atoms with Gasteiger partial charge in [0.2, 0.25) is 5.91 Å². The maximum atomic E-state index is 11.7. The van der Waals surface area contributed by atoms with E-state index in [0.29, 0.717) is 6.42 Å². The first-order valence-corrected chi connectivity index (χ1v) is 6.41. The van der Waals surface area contributed by atoms with Gasteiger partial charge in [-0.15, -0.1) is 0 Å². The summed E-state index contributed by atoms with van der Waals surface area (Å²) in [5.74, 6) is 0.818. The highest BCUT2D eigenvalue weighted by molar-refractivity contribution is 5.76. The summed E-state index contributed by atoms with van der Waals surface area (Å²) in [4.78, 5) is 11.7. The van der Waals surface area contributed by atoms with Gasteiger partial charge in [0.1, 0.15) is 0 Å². The Morgan fingerprint density at radius 2 is 2.00 bits per heavy atom. The van der Waals surface area contributed by atoms with E-state index in [1.165, 1.54) is 25.7 Å². The molecule has 2 N–H and O–H groups in total. The zero-order chi connectivity index (χ0) is 12.2. The van der Waals surface area contributed by atoms with E-state index in [4.69, 9.17) is 0 Å². The number of hydrogen-bond acceptors (Lipinski definition) is 2. The van der Waals surface area contributed by atoms with Crippen LogP contribution < -0.4 is 5.32 Å². The summed E-state index contributed by atoms with van der Waals surface area (Å²) in [5.41, 5.74) is -0.521. The van der Waals surface area contributed by atoms with Crippen molar-refractivity contribution in [3.05, 3.63) is 0 Å². The lowest BCUT2D eigenvalue weighted by Gasteiger charge is -2.29. The van der Waals surface area contributed by atoms with Gasteiger partial charge in [-0.1, -0.05) is 25.7 Å². The SMILES string of the molecule is CC(O)C(C)(C)NC(=O)CCC1CCCC1. The fraction of sp³-hybridized carbons (Fsp3) is 0.923. The van der Waals surface area contributed by atoms with E-state index in [9.17, 15) is 9.90 Å². The fourth-order valence-corrected chi connectivity index (χ4v) is 2.16. The van der Waals surface area contributed by atoms with Crippen molar-refractivity contribution in [3.63, 3.8) is 0 Å². The summed E-state index contributed by atoms with van der Waals surface area (Å²) in [6, 6.07) is 0. The molecule has 94 valence electrons. The molecular formula is C13H25NO2. The zero-order valence-corrected chi connectivity index (χ0v) is 10.8. The standard InChI is InChI=1S/C13H25NO2/c1-10(15)13(2,3)14-12(16)9-8-11-6-4-5-7-11/h10-11,15H,4-9H2,1-3H3,(H,14,16). The van der Waals surface area contributed by atoms with Crippen LogP contribution in [0.4, 0.5) is 0 Å². The van der Waals surface area contributed by atoms with Gasteiger partial charge >= 0.3 is 0 Å². The number of aliphatic hydroxyl groups excluding tert-OH is 1. The molecule has 1 atom stereocenters. The molecule has 1 saturated carbocycles. The third-order valence-corrected chi connectivity index (χ3v) is 3.76. The largest absolute Gasteiger partial charge is 0.391 e. The highest BCUT2D eigenvalue weighted by Gasteiger charge is 2.26. The highest BCUT2D eigenvalue weighted by Crippen LogP contribution is 2.28. The molecule has 0 bridgehead atoms. The first-order chi connectivity index (χ1) is 7.42. The lowest BCUT2D eigenvalue weighted by molar-refractivity contribution is -0.124. The van der Waals surface area contributed by atoms with Crippen LogP contribution in [0, 0.1) is 5.92 Å². The van der Waals surface area contributed by atoms with E-state index >= 15 is 0 Å². The van der Waals surface area contributed by atoms with Crippen LogP contribution in [-0.4, -0.2) is 22.7 Å². The van der Waals surface area contributed by atoms with Gasteiger partial charge < -0.3 is 10.4 Å². The summed E-state index contributed by atoms with van der Waals surface area (Å²) in [6.45, 7) is 5.41. The van der Waals surface area contributed by atoms with Crippen LogP contribution >= 0.6 is 0 Å². The Kier molecular flexibility index (Phi) is 4.78. The molecule has 0 aliphatic heterocycles. The van der Waals surface area contributed by atoms with Gasteiger partial charge in [-0.2, -0.15) is 0 Å². The Balaban J connectivity index is 2.24. The van der Waals surface area contributed by atoms with E-state index in [0.717, 1.165) is 12.3 Å². The maximum Gasteiger partial charge on any atom is 0.220 e. The molecule has 16 heavy (non-hydrogen) atoms. The molecule has 0 saturated heterocycles. The van der Waals surface area contributed by atoms with Crippen LogP contribution in [0.25, 0.3) is 0 Å². The average Bonchev–Trinajstić information content (AvgIpc) is 2.66. The molecule has 1 unspecified atom stereocenters. The quantitative estimate of drug-likeness (QED) is 0.756. The molecule has 0 aromatic heterocycles. The van der Waals surface area contributed by atoms with Gasteiger partial charge in [-0.3, -0.25) is 4.79 Å². The van der Waals surface area contributed by atoms with Crippen LogP contribution in [0.5, 0.6) is 0 Å². The first-order valence-electron chi connectivity index (χ1n) is 6.41. The Morgan fingerprint density at radius 1 is 1.44 bits per heavy atom. The predicted octanol–water partition coefficient (Wildman–Crippen LogP) is 2.23. The summed E-state index contributed by atoms with van der Waals surface area (Å²) in [7, 11) is 0. The predicted molar refractivity (Wildman–Crippen MR) is 65.1 cm³/mol. The number of hydrogen-bond donors (Lipinski definition) is 2. The third kappa shape index (κ3) is 4.12. The molecule has 3 heteroatoms. The normalized spacial score (nSPS) is 19.8. The molecule has 1 aliphatic carbocycles. The van der Waals surface area contributed by atoms with Gasteiger partial charge in [-0.05, 0) is 33.1 Å². The minimum atomic E-state index is -0.525. The van der Waals surface area contributed by atoms with Crippen molar-refractivity contribution in [1.29, 1.82) is 0 Å². The summed E-state index contributed by atoms with van der Waals surface area (Å²) >= 11 is 0. The minimum Gasteiger partial charge on any atom is -0.391 e. The molecule has 1 fully saturated rings. The van der Waals surface area contributed by atoms with Crippen LogP contribution in [0.3, 0.4) is 0 Å². The van der Waals surface area contributed by atoms with Crippen LogP contribution in [-0.2, 0) is 4.79 Å². The van der Waals surface area contributed by atoms with Crippen molar-refractivity contribution in [2.24, 2.45) is 5.92 Å². The molecular weight excluding hydrogens is 202 g/mol. The van der Waals surface area contributed by atoms with Crippen molar-refractivity contribution in [2.45, 2.75) is 70.9 Å². The molecule has 1 amide bonds. The monoisotopic (exact) mass is 227 g/mol. The molecule has 1 rings (SSSR count). The number of rotatable bonds is 5. The second kappa shape index (κ2) is 5.67. The molecule has 0 aromatic rings. The van der Waals surface area contributed by atoms with Crippen molar-refractivity contribution < 1.29 is 9.90 Å². The molecule has 0 radical (unpaired) electrons. The van der Waals surface area contributed by atoms with Gasteiger partial charge in [0.15, 0.2) is 0 Å². The van der Waals surface area contributed by atoms with Crippen LogP contribution in [0.15, 0.2) is 0 Å². The van der Waals surface area contributed by atoms with E-state index in [-0.39, 0.29) is 5.91 Å². The molecule has 1 aliphatic rings. The van der Waals surface area contributed by atoms with E-state index < -0.39 is 11.6 Å². The second-order valence-corrected chi connectivity index (χ2v) is 5.63. The topological polar surface area (TPSA) is 49.3 Å². The first kappa shape index (κ1) is 13.5. The number of carbonyl (C=O) groups is 1. The van der Waals surface area contributed by atoms with Crippen molar-refractivity contribution in [2.75, 3.05) is 0 Å². The summed E-state index contributed by atoms with van der Waals surface area (Å²) in [5, 5.41) is 12.4. The number of aliphatic hydroxyl groups is 1. The lowest BCUT2D eigenvalue weighted by atomic mass is 9.97. The number of carbonyl (C=O) groups excluding carboxylic acids is 1. The van der Waals surface area contributed by atoms with E-state index in [1.54, 1.807) is 6.92 Å².